The van der Waals surface area contributed by atoms with Crippen molar-refractivity contribution < 1.29 is 31.4 Å². The quantitative estimate of drug-likeness (QED) is 0.144. The molecule has 0 heterocycles. The molecule has 0 spiro atoms. The molecule has 0 aliphatic heterocycles. The van der Waals surface area contributed by atoms with Gasteiger partial charge in [-0.15, -0.1) is 0 Å². The summed E-state index contributed by atoms with van der Waals surface area (Å²) in [4.78, 5) is 0. The molecule has 0 saturated heterocycles. The first-order chi connectivity index (χ1) is 13.6. The maximum absolute atomic E-state index is 8.78. The molecule has 0 aromatic heterocycles. The number of rotatable bonds is 14. The lowest BCUT2D eigenvalue weighted by molar-refractivity contribution is 0.00557. The molecule has 0 fully saturated rings. The van der Waals surface area contributed by atoms with Crippen molar-refractivity contribution in [2.45, 2.75) is 156 Å². The van der Waals surface area contributed by atoms with Crippen LogP contribution in [0, 0.1) is 0 Å². The van der Waals surface area contributed by atoms with Crippen molar-refractivity contribution >= 4 is 42.3 Å². The third-order valence-electron chi connectivity index (χ3n) is 3.25. The first kappa shape index (κ1) is 62.4. The number of unbranched alkanes of at least 4 members (excludes halogenated alkanes) is 1. The zero-order chi connectivity index (χ0) is 25.1. The molecular weight excluding hydrogens is 565 g/mol. The Morgan fingerprint density at radius 3 is 1.08 bits per heavy atom. The zero-order valence-corrected chi connectivity index (χ0v) is 27.5. The summed E-state index contributed by atoms with van der Waals surface area (Å²) in [6.45, 7) is 28.7. The van der Waals surface area contributed by atoms with Crippen LogP contribution in [0.15, 0.2) is 0 Å². The fourth-order valence-corrected chi connectivity index (χ4v) is 26.1. The van der Waals surface area contributed by atoms with Gasteiger partial charge in [-0.25, -0.2) is 0 Å². The third-order valence-corrected chi connectivity index (χ3v) is 19.9. The molecule has 1 atom stereocenters. The van der Waals surface area contributed by atoms with E-state index < -0.39 is 48.4 Å². The SMILES string of the molecule is C.C.C.C.C.C.C.CCCCOCC(O)CO.C[Si](C)(C)O[Si](C)(C)O[Si](C)(C)O[Si](C)(C)O[Si](C)(C)C. The average molecular weight is 645 g/mol. The van der Waals surface area contributed by atoms with Gasteiger partial charge in [0, 0.05) is 6.61 Å². The molecule has 0 aliphatic rings. The summed E-state index contributed by atoms with van der Waals surface area (Å²) in [5.74, 6) is 0. The number of aliphatic hydroxyl groups is 2. The summed E-state index contributed by atoms with van der Waals surface area (Å²) in [7, 11) is -9.77. The van der Waals surface area contributed by atoms with Crippen LogP contribution in [-0.4, -0.2) is 78.5 Å². The van der Waals surface area contributed by atoms with Crippen LogP contribution in [0.3, 0.4) is 0 Å². The highest BCUT2D eigenvalue weighted by atomic mass is 28.5. The van der Waals surface area contributed by atoms with Gasteiger partial charge in [0.25, 0.3) is 0 Å². The summed E-state index contributed by atoms with van der Waals surface area (Å²) in [6, 6.07) is 0. The monoisotopic (exact) mass is 644 g/mol. The van der Waals surface area contributed by atoms with E-state index in [4.69, 9.17) is 31.4 Å². The zero-order valence-electron chi connectivity index (χ0n) is 22.5. The van der Waals surface area contributed by atoms with Crippen LogP contribution in [0.25, 0.3) is 0 Å². The van der Waals surface area contributed by atoms with E-state index in [9.17, 15) is 0 Å². The van der Waals surface area contributed by atoms with Crippen molar-refractivity contribution in [2.24, 2.45) is 0 Å². The fraction of sp³-hybridized carbons (Fsp3) is 1.00. The van der Waals surface area contributed by atoms with Crippen molar-refractivity contribution in [1.29, 1.82) is 0 Å². The summed E-state index contributed by atoms with van der Waals surface area (Å²) in [6.07, 6.45) is 1.39. The van der Waals surface area contributed by atoms with Gasteiger partial charge in [-0.2, -0.15) is 0 Å². The Morgan fingerprint density at radius 2 is 0.842 bits per heavy atom. The predicted molar refractivity (Wildman–Crippen MR) is 189 cm³/mol. The smallest absolute Gasteiger partial charge is 0.314 e. The molecule has 1 unspecified atom stereocenters. The van der Waals surface area contributed by atoms with Crippen LogP contribution in [0.4, 0.5) is 0 Å². The van der Waals surface area contributed by atoms with E-state index in [0.29, 0.717) is 6.61 Å². The highest BCUT2D eigenvalue weighted by Gasteiger charge is 2.44. The highest BCUT2D eigenvalue weighted by Crippen LogP contribution is 2.25. The van der Waals surface area contributed by atoms with E-state index in [0.717, 1.165) is 12.8 Å². The summed E-state index contributed by atoms with van der Waals surface area (Å²) >= 11 is 0. The Kier molecular flexibility index (Phi) is 43.8. The van der Waals surface area contributed by atoms with E-state index in [1.165, 1.54) is 0 Å². The molecule has 0 aromatic carbocycles. The number of hydrogen-bond acceptors (Lipinski definition) is 7. The van der Waals surface area contributed by atoms with Crippen molar-refractivity contribution in [2.75, 3.05) is 19.8 Å². The van der Waals surface area contributed by atoms with Gasteiger partial charge < -0.3 is 31.4 Å². The molecule has 2 N–H and O–H groups in total. The third kappa shape index (κ3) is 43.8. The molecule has 12 heteroatoms. The molecule has 7 nitrogen and oxygen atoms in total. The van der Waals surface area contributed by atoms with E-state index >= 15 is 0 Å². The Balaban J connectivity index is -0.0000000621. The minimum absolute atomic E-state index is 0. The fourth-order valence-electron chi connectivity index (χ4n) is 3.24. The molecular formula is C26H80O7Si5. The van der Waals surface area contributed by atoms with Gasteiger partial charge in [-0.05, 0) is 85.0 Å². The Bertz CT molecular complexity index is 450. The summed E-state index contributed by atoms with van der Waals surface area (Å²) in [5.41, 5.74) is 0. The first-order valence-electron chi connectivity index (χ1n) is 11.3. The number of ether oxygens (including phenoxy) is 1. The predicted octanol–water partition coefficient (Wildman–Crippen LogP) is 9.44. The maximum Gasteiger partial charge on any atom is 0.314 e. The molecule has 0 aliphatic carbocycles. The lowest BCUT2D eigenvalue weighted by Gasteiger charge is -2.41. The van der Waals surface area contributed by atoms with Crippen LogP contribution >= 0.6 is 0 Å². The molecule has 0 bridgehead atoms. The second-order valence-electron chi connectivity index (χ2n) is 11.1. The van der Waals surface area contributed by atoms with Crippen molar-refractivity contribution in [3.8, 4) is 0 Å². The van der Waals surface area contributed by atoms with E-state index in [-0.39, 0.29) is 65.2 Å². The van der Waals surface area contributed by atoms with Crippen LogP contribution in [0.1, 0.15) is 71.8 Å². The van der Waals surface area contributed by atoms with E-state index in [1.807, 2.05) is 0 Å². The molecule has 38 heavy (non-hydrogen) atoms. The van der Waals surface area contributed by atoms with Gasteiger partial charge in [0.1, 0.15) is 6.10 Å². The first-order valence-corrected chi connectivity index (χ1v) is 26.6. The Hall–Kier alpha value is 0.804. The normalized spacial score (nSPS) is 12.1. The molecule has 0 aromatic rings. The molecule has 0 rings (SSSR count). The number of hydrogen-bond donors (Lipinski definition) is 2. The Morgan fingerprint density at radius 1 is 0.553 bits per heavy atom. The summed E-state index contributed by atoms with van der Waals surface area (Å²) < 4.78 is 30.3. The Labute approximate surface area is 249 Å². The van der Waals surface area contributed by atoms with Crippen molar-refractivity contribution in [1.82, 2.24) is 0 Å². The molecule has 0 saturated carbocycles. The van der Waals surface area contributed by atoms with Gasteiger partial charge >= 0.3 is 25.7 Å². The molecule has 0 amide bonds. The van der Waals surface area contributed by atoms with Crippen molar-refractivity contribution in [3.63, 3.8) is 0 Å². The largest absolute Gasteiger partial charge is 0.437 e. The van der Waals surface area contributed by atoms with E-state index in [1.54, 1.807) is 0 Å². The number of aliphatic hydroxyl groups excluding tert-OH is 2. The standard InChI is InChI=1S/C12H36O4Si5.C7H16O3.7CH4/c1-17(2,3)13-19(7,8)15-21(11,12)16-20(9,10)14-18(4,5)6;1-2-3-4-10-6-7(9)5-8;;;;;;;/h1-12H3;7-9H,2-6H2,1H3;7*1H4. The van der Waals surface area contributed by atoms with Gasteiger partial charge in [-0.1, -0.05) is 65.3 Å². The van der Waals surface area contributed by atoms with Crippen LogP contribution < -0.4 is 0 Å². The second kappa shape index (κ2) is 26.7. The minimum atomic E-state index is -2.26. The van der Waals surface area contributed by atoms with Gasteiger partial charge in [0.05, 0.1) is 13.2 Å². The van der Waals surface area contributed by atoms with Crippen LogP contribution in [-0.2, 0) is 21.2 Å². The lowest BCUT2D eigenvalue weighted by Crippen LogP contribution is -2.58. The second-order valence-corrected chi connectivity index (χ2v) is 31.2. The maximum atomic E-state index is 8.78. The van der Waals surface area contributed by atoms with E-state index in [2.05, 4.69) is 85.5 Å². The molecule has 246 valence electrons. The summed E-state index contributed by atoms with van der Waals surface area (Å²) in [5, 5.41) is 17.1. The van der Waals surface area contributed by atoms with Crippen molar-refractivity contribution in [3.05, 3.63) is 0 Å². The minimum Gasteiger partial charge on any atom is -0.437 e. The van der Waals surface area contributed by atoms with Gasteiger partial charge in [-0.3, -0.25) is 0 Å². The molecule has 0 radical (unpaired) electrons. The van der Waals surface area contributed by atoms with Crippen LogP contribution in [0.2, 0.25) is 78.6 Å². The van der Waals surface area contributed by atoms with Gasteiger partial charge in [0.15, 0.2) is 16.6 Å². The topological polar surface area (TPSA) is 86.6 Å². The lowest BCUT2D eigenvalue weighted by atomic mass is 10.3. The average Bonchev–Trinajstić information content (AvgIpc) is 2.44. The van der Waals surface area contributed by atoms with Gasteiger partial charge in [0.2, 0.25) is 0 Å². The highest BCUT2D eigenvalue weighted by molar-refractivity contribution is 6.90. The van der Waals surface area contributed by atoms with Crippen LogP contribution in [0.5, 0.6) is 0 Å².